The van der Waals surface area contributed by atoms with Gasteiger partial charge in [-0.25, -0.2) is 0 Å². The molecule has 0 fully saturated rings. The van der Waals surface area contributed by atoms with Crippen molar-refractivity contribution in [2.45, 2.75) is 5.79 Å². The van der Waals surface area contributed by atoms with E-state index in [0.29, 0.717) is 11.7 Å². The summed E-state index contributed by atoms with van der Waals surface area (Å²) in [4.78, 5) is 0. The number of rotatable bonds is 7. The van der Waals surface area contributed by atoms with Crippen molar-refractivity contribution in [1.29, 1.82) is 0 Å². The van der Waals surface area contributed by atoms with Gasteiger partial charge in [-0.3, -0.25) is 0 Å². The van der Waals surface area contributed by atoms with Crippen LogP contribution >= 0.6 is 0 Å². The molecule has 0 aromatic heterocycles. The first-order valence-electron chi connectivity index (χ1n) is 13.3. The smallest absolute Gasteiger partial charge is 0.281 e. The molecular weight excluding hydrogens is 496 g/mol. The largest absolute Gasteiger partial charge is 0.469 e. The summed E-state index contributed by atoms with van der Waals surface area (Å²) in [7, 11) is 3.29. The van der Waals surface area contributed by atoms with Crippen molar-refractivity contribution in [3.05, 3.63) is 168 Å². The van der Waals surface area contributed by atoms with Crippen molar-refractivity contribution in [3.63, 3.8) is 0 Å². The van der Waals surface area contributed by atoms with Gasteiger partial charge in [-0.2, -0.15) is 0 Å². The standard InChI is InChI=1S/C36H30O4/c1-37-32-25-31(33(27-17-9-4-10-18-27)35(39-32)29-21-13-6-14-22-29)36(38-2)24-23-30(26-15-7-3-8-16-26)34(40-36)28-19-11-5-12-20-28/h3-25,31H,1-2H3. The Kier molecular flexibility index (Phi) is 7.09. The second-order valence-electron chi connectivity index (χ2n) is 9.58. The van der Waals surface area contributed by atoms with Gasteiger partial charge in [0.15, 0.2) is 0 Å². The van der Waals surface area contributed by atoms with Crippen LogP contribution in [0.2, 0.25) is 0 Å². The highest BCUT2D eigenvalue weighted by Gasteiger charge is 2.47. The molecule has 4 aromatic carbocycles. The first-order chi connectivity index (χ1) is 19.7. The van der Waals surface area contributed by atoms with Crippen molar-refractivity contribution in [3.8, 4) is 0 Å². The van der Waals surface area contributed by atoms with Gasteiger partial charge in [0.1, 0.15) is 11.5 Å². The van der Waals surface area contributed by atoms with Crippen molar-refractivity contribution in [2.24, 2.45) is 5.92 Å². The predicted molar refractivity (Wildman–Crippen MR) is 159 cm³/mol. The molecule has 2 unspecified atom stereocenters. The zero-order valence-electron chi connectivity index (χ0n) is 22.5. The fourth-order valence-corrected chi connectivity index (χ4v) is 5.29. The molecular formula is C36H30O4. The molecule has 2 aliphatic rings. The molecule has 198 valence electrons. The summed E-state index contributed by atoms with van der Waals surface area (Å²) < 4.78 is 25.4. The highest BCUT2D eigenvalue weighted by atomic mass is 16.7. The number of ether oxygens (including phenoxy) is 4. The third-order valence-corrected chi connectivity index (χ3v) is 7.24. The summed E-state index contributed by atoms with van der Waals surface area (Å²) in [6.07, 6.45) is 6.05. The zero-order chi connectivity index (χ0) is 27.4. The van der Waals surface area contributed by atoms with E-state index in [9.17, 15) is 0 Å². The van der Waals surface area contributed by atoms with Crippen molar-refractivity contribution < 1.29 is 18.9 Å². The Morgan fingerprint density at radius 2 is 1.10 bits per heavy atom. The van der Waals surface area contributed by atoms with E-state index in [1.165, 1.54) is 0 Å². The van der Waals surface area contributed by atoms with Gasteiger partial charge >= 0.3 is 0 Å². The third kappa shape index (κ3) is 4.74. The normalized spacial score (nSPS) is 20.4. The summed E-state index contributed by atoms with van der Waals surface area (Å²) in [6.45, 7) is 0. The number of methoxy groups -OCH3 is 2. The molecule has 2 atom stereocenters. The lowest BCUT2D eigenvalue weighted by molar-refractivity contribution is -0.159. The van der Waals surface area contributed by atoms with Crippen LogP contribution in [0.5, 0.6) is 0 Å². The van der Waals surface area contributed by atoms with E-state index < -0.39 is 11.7 Å². The van der Waals surface area contributed by atoms with Gasteiger partial charge in [-0.1, -0.05) is 121 Å². The number of hydrogen-bond donors (Lipinski definition) is 0. The van der Waals surface area contributed by atoms with Gasteiger partial charge in [0.05, 0.1) is 13.0 Å². The minimum Gasteiger partial charge on any atom is -0.469 e. The van der Waals surface area contributed by atoms with Crippen LogP contribution in [0.25, 0.3) is 22.7 Å². The van der Waals surface area contributed by atoms with Crippen LogP contribution in [0.4, 0.5) is 0 Å². The topological polar surface area (TPSA) is 36.9 Å². The van der Waals surface area contributed by atoms with Crippen LogP contribution in [-0.4, -0.2) is 20.0 Å². The average Bonchev–Trinajstić information content (AvgIpc) is 3.05. The molecule has 4 aromatic rings. The van der Waals surface area contributed by atoms with Gasteiger partial charge < -0.3 is 18.9 Å². The maximum absolute atomic E-state index is 7.03. The maximum Gasteiger partial charge on any atom is 0.281 e. The molecule has 0 spiro atoms. The lowest BCUT2D eigenvalue weighted by Gasteiger charge is -2.42. The van der Waals surface area contributed by atoms with Crippen LogP contribution in [0.15, 0.2) is 146 Å². The molecule has 0 bridgehead atoms. The van der Waals surface area contributed by atoms with E-state index in [4.69, 9.17) is 18.9 Å². The highest BCUT2D eigenvalue weighted by molar-refractivity contribution is 5.95. The van der Waals surface area contributed by atoms with Crippen LogP contribution in [-0.2, 0) is 18.9 Å². The third-order valence-electron chi connectivity index (χ3n) is 7.24. The quantitative estimate of drug-likeness (QED) is 0.243. The molecule has 0 radical (unpaired) electrons. The summed E-state index contributed by atoms with van der Waals surface area (Å²) >= 11 is 0. The summed E-state index contributed by atoms with van der Waals surface area (Å²) in [5.74, 6) is 0.219. The molecule has 0 amide bonds. The van der Waals surface area contributed by atoms with Gasteiger partial charge in [0.2, 0.25) is 5.79 Å². The fourth-order valence-electron chi connectivity index (χ4n) is 5.29. The van der Waals surface area contributed by atoms with Crippen LogP contribution in [0.3, 0.4) is 0 Å². The summed E-state index contributed by atoms with van der Waals surface area (Å²) in [5, 5.41) is 0. The molecule has 0 aliphatic carbocycles. The minimum atomic E-state index is -1.19. The fraction of sp³-hybridized carbons (Fsp3) is 0.111. The molecule has 2 heterocycles. The summed E-state index contributed by atoms with van der Waals surface area (Å²) in [6, 6.07) is 40.7. The van der Waals surface area contributed by atoms with Gasteiger partial charge in [-0.15, -0.1) is 0 Å². The van der Waals surface area contributed by atoms with Crippen LogP contribution in [0, 0.1) is 5.92 Å². The predicted octanol–water partition coefficient (Wildman–Crippen LogP) is 8.19. The second kappa shape index (κ2) is 11.1. The monoisotopic (exact) mass is 526 g/mol. The lowest BCUT2D eigenvalue weighted by Crippen LogP contribution is -2.43. The molecule has 0 saturated heterocycles. The van der Waals surface area contributed by atoms with E-state index in [-0.39, 0.29) is 0 Å². The van der Waals surface area contributed by atoms with E-state index in [0.717, 1.165) is 39.2 Å². The first-order valence-corrected chi connectivity index (χ1v) is 13.3. The SMILES string of the molecule is COC1=CC(C2(OC)C=CC(c3ccccc3)=C(c3ccccc3)O2)C(c2ccccc2)=C(c2ccccc2)O1. The second-order valence-corrected chi connectivity index (χ2v) is 9.58. The molecule has 40 heavy (non-hydrogen) atoms. The number of hydrogen-bond acceptors (Lipinski definition) is 4. The number of allylic oxidation sites excluding steroid dienone is 2. The van der Waals surface area contributed by atoms with E-state index in [2.05, 4.69) is 42.5 Å². The van der Waals surface area contributed by atoms with E-state index in [1.54, 1.807) is 14.2 Å². The molecule has 4 nitrogen and oxygen atoms in total. The maximum atomic E-state index is 7.03. The number of benzene rings is 4. The van der Waals surface area contributed by atoms with E-state index in [1.807, 2.05) is 97.1 Å². The van der Waals surface area contributed by atoms with Gasteiger partial charge in [0.25, 0.3) is 5.95 Å². The Labute approximate surface area is 235 Å². The molecule has 2 aliphatic heterocycles. The lowest BCUT2D eigenvalue weighted by atomic mass is 9.80. The van der Waals surface area contributed by atoms with Crippen molar-refractivity contribution in [2.75, 3.05) is 14.2 Å². The Morgan fingerprint density at radius 1 is 0.600 bits per heavy atom. The Hall–Kier alpha value is -4.80. The summed E-state index contributed by atoms with van der Waals surface area (Å²) in [5.41, 5.74) is 5.88. The molecule has 0 saturated carbocycles. The molecule has 6 rings (SSSR count). The van der Waals surface area contributed by atoms with Crippen LogP contribution in [0.1, 0.15) is 22.3 Å². The average molecular weight is 527 g/mol. The minimum absolute atomic E-state index is 0.385. The van der Waals surface area contributed by atoms with Crippen LogP contribution < -0.4 is 0 Å². The first kappa shape index (κ1) is 25.5. The highest BCUT2D eigenvalue weighted by Crippen LogP contribution is 2.49. The molecule has 0 N–H and O–H groups in total. The van der Waals surface area contributed by atoms with Gasteiger partial charge in [-0.05, 0) is 23.3 Å². The molecule has 4 heteroatoms. The Bertz CT molecular complexity index is 1590. The Morgan fingerprint density at radius 3 is 1.62 bits per heavy atom. The van der Waals surface area contributed by atoms with Crippen molar-refractivity contribution >= 4 is 22.7 Å². The van der Waals surface area contributed by atoms with Crippen molar-refractivity contribution in [1.82, 2.24) is 0 Å². The van der Waals surface area contributed by atoms with Gasteiger partial charge in [0, 0.05) is 35.5 Å². The zero-order valence-corrected chi connectivity index (χ0v) is 22.5. The Balaban J connectivity index is 1.56. The van der Waals surface area contributed by atoms with E-state index >= 15 is 0 Å².